The molecule has 1 aromatic heterocycles. The number of hydrogen-bond donors (Lipinski definition) is 1. The number of fused-ring (bicyclic) bond motifs is 5. The number of ketones is 1. The second-order valence-electron chi connectivity index (χ2n) is 9.27. The monoisotopic (exact) mass is 376 g/mol. The number of benzene rings is 1. The van der Waals surface area contributed by atoms with Crippen LogP contribution in [0.25, 0.3) is 6.08 Å². The van der Waals surface area contributed by atoms with Crippen molar-refractivity contribution < 1.29 is 9.90 Å². The van der Waals surface area contributed by atoms with Gasteiger partial charge in [0.05, 0.1) is 6.20 Å². The third-order valence-corrected chi connectivity index (χ3v) is 7.95. The van der Waals surface area contributed by atoms with E-state index >= 15 is 0 Å². The van der Waals surface area contributed by atoms with E-state index in [-0.39, 0.29) is 5.41 Å². The number of aromatic hydroxyl groups is 1. The van der Waals surface area contributed by atoms with E-state index in [1.165, 1.54) is 11.1 Å². The molecule has 0 amide bonds. The van der Waals surface area contributed by atoms with Crippen molar-refractivity contribution >= 4 is 11.9 Å². The first-order valence-corrected chi connectivity index (χ1v) is 10.4. The highest BCUT2D eigenvalue weighted by molar-refractivity contribution is 6.06. The number of phenols is 1. The van der Waals surface area contributed by atoms with Crippen LogP contribution in [0.5, 0.6) is 5.75 Å². The van der Waals surface area contributed by atoms with Crippen molar-refractivity contribution in [3.63, 3.8) is 0 Å². The first kappa shape index (κ1) is 17.7. The summed E-state index contributed by atoms with van der Waals surface area (Å²) in [6, 6.07) is 5.89. The summed E-state index contributed by atoms with van der Waals surface area (Å²) in [6.45, 7) is 4.26. The number of allylic oxidation sites excluding steroid dienone is 1. The molecule has 2 aromatic rings. The van der Waals surface area contributed by atoms with Crippen LogP contribution in [0.2, 0.25) is 0 Å². The maximum atomic E-state index is 13.4. The summed E-state index contributed by atoms with van der Waals surface area (Å²) in [5, 5.41) is 14.2. The van der Waals surface area contributed by atoms with Crippen LogP contribution in [0, 0.1) is 24.2 Å². The second kappa shape index (κ2) is 6.07. The van der Waals surface area contributed by atoms with Crippen molar-refractivity contribution in [1.82, 2.24) is 9.78 Å². The Morgan fingerprint density at radius 2 is 2.14 bits per heavy atom. The fourth-order valence-electron chi connectivity index (χ4n) is 6.21. The fraction of sp³-hybridized carbons (Fsp3) is 0.500. The molecule has 3 aliphatic rings. The molecular formula is C24H28N2O2. The van der Waals surface area contributed by atoms with Gasteiger partial charge in [0.1, 0.15) is 5.75 Å². The van der Waals surface area contributed by atoms with Crippen molar-refractivity contribution in [1.29, 1.82) is 0 Å². The van der Waals surface area contributed by atoms with E-state index < -0.39 is 0 Å². The number of aromatic nitrogens is 2. The van der Waals surface area contributed by atoms with Gasteiger partial charge in [-0.3, -0.25) is 9.48 Å². The van der Waals surface area contributed by atoms with Gasteiger partial charge in [-0.1, -0.05) is 13.0 Å². The molecule has 4 atom stereocenters. The maximum Gasteiger partial charge on any atom is 0.165 e. The molecule has 0 radical (unpaired) electrons. The summed E-state index contributed by atoms with van der Waals surface area (Å²) in [5.41, 5.74) is 5.64. The minimum absolute atomic E-state index is 0.225. The number of nitrogens with zero attached hydrogens (tertiary/aromatic N) is 2. The highest BCUT2D eigenvalue weighted by Crippen LogP contribution is 2.60. The molecule has 5 rings (SSSR count). The number of aryl methyl sites for hydroxylation is 2. The van der Waals surface area contributed by atoms with E-state index in [4.69, 9.17) is 0 Å². The van der Waals surface area contributed by atoms with Crippen molar-refractivity contribution in [3.05, 3.63) is 52.4 Å². The summed E-state index contributed by atoms with van der Waals surface area (Å²) in [5.74, 6) is 2.22. The topological polar surface area (TPSA) is 55.1 Å². The third kappa shape index (κ3) is 2.43. The predicted molar refractivity (Wildman–Crippen MR) is 109 cm³/mol. The molecule has 146 valence electrons. The first-order valence-electron chi connectivity index (χ1n) is 10.4. The summed E-state index contributed by atoms with van der Waals surface area (Å²) < 4.78 is 1.87. The average Bonchev–Trinajstić information content (AvgIpc) is 3.13. The SMILES string of the molecule is Cc1c(C=C2CC3C4CCc5cc(O)ccc5C4CCC3(C)C2=O)cnn1C. The van der Waals surface area contributed by atoms with Gasteiger partial charge in [0.15, 0.2) is 5.78 Å². The molecule has 3 aliphatic carbocycles. The summed E-state index contributed by atoms with van der Waals surface area (Å²) >= 11 is 0. The zero-order chi connectivity index (χ0) is 19.6. The van der Waals surface area contributed by atoms with Crippen molar-refractivity contribution in [2.45, 2.75) is 51.9 Å². The van der Waals surface area contributed by atoms with Gasteiger partial charge in [-0.25, -0.2) is 0 Å². The molecule has 0 bridgehead atoms. The van der Waals surface area contributed by atoms with Crippen LogP contribution >= 0.6 is 0 Å². The molecule has 28 heavy (non-hydrogen) atoms. The number of carbonyl (C=O) groups excluding carboxylic acids is 1. The number of carbonyl (C=O) groups is 1. The lowest BCUT2D eigenvalue weighted by Crippen LogP contribution is -2.42. The van der Waals surface area contributed by atoms with Crippen molar-refractivity contribution in [2.75, 3.05) is 0 Å². The third-order valence-electron chi connectivity index (χ3n) is 7.95. The summed E-state index contributed by atoms with van der Waals surface area (Å²) in [4.78, 5) is 13.4. The standard InChI is InChI=1S/C24H28N2O2/c1-14-17(13-25-26(14)3)10-16-12-22-21-6-4-15-11-18(27)5-7-19(15)20(21)8-9-24(22,2)23(16)28/h5,7,10-11,13,20-22,27H,4,6,8-9,12H2,1-3H3. The van der Waals surface area contributed by atoms with Crippen molar-refractivity contribution in [2.24, 2.45) is 24.3 Å². The Bertz CT molecular complexity index is 1000. The highest BCUT2D eigenvalue weighted by Gasteiger charge is 2.56. The van der Waals surface area contributed by atoms with Crippen LogP contribution in [-0.2, 0) is 18.3 Å². The Morgan fingerprint density at radius 1 is 1.32 bits per heavy atom. The Kier molecular flexibility index (Phi) is 3.84. The molecule has 1 heterocycles. The quantitative estimate of drug-likeness (QED) is 0.743. The zero-order valence-electron chi connectivity index (χ0n) is 16.9. The second-order valence-corrected chi connectivity index (χ2v) is 9.27. The molecule has 4 heteroatoms. The normalized spacial score (nSPS) is 32.9. The molecule has 0 spiro atoms. The molecule has 1 aromatic carbocycles. The molecular weight excluding hydrogens is 348 g/mol. The Labute approximate surface area is 166 Å². The van der Waals surface area contributed by atoms with Gasteiger partial charge in [-0.15, -0.1) is 0 Å². The minimum Gasteiger partial charge on any atom is -0.508 e. The number of Topliss-reactive ketones (excluding diaryl/α,β-unsaturated/α-hetero) is 1. The van der Waals surface area contributed by atoms with Gasteiger partial charge in [0.2, 0.25) is 0 Å². The Morgan fingerprint density at radius 3 is 2.89 bits per heavy atom. The van der Waals surface area contributed by atoms with E-state index in [1.54, 1.807) is 0 Å². The lowest BCUT2D eigenvalue weighted by molar-refractivity contribution is -0.127. The molecule has 0 saturated heterocycles. The Hall–Kier alpha value is -2.36. The van der Waals surface area contributed by atoms with Gasteiger partial charge in [0, 0.05) is 23.7 Å². The van der Waals surface area contributed by atoms with Crippen LogP contribution in [0.1, 0.15) is 60.9 Å². The van der Waals surface area contributed by atoms with E-state index in [0.717, 1.165) is 48.9 Å². The van der Waals surface area contributed by atoms with E-state index in [9.17, 15) is 9.90 Å². The average molecular weight is 377 g/mol. The van der Waals surface area contributed by atoms with Gasteiger partial charge in [-0.2, -0.15) is 5.10 Å². The predicted octanol–water partition coefficient (Wildman–Crippen LogP) is 4.55. The number of rotatable bonds is 1. The fourth-order valence-corrected chi connectivity index (χ4v) is 6.21. The first-order chi connectivity index (χ1) is 13.4. The van der Waals surface area contributed by atoms with Crippen LogP contribution in [0.3, 0.4) is 0 Å². The minimum atomic E-state index is -0.225. The van der Waals surface area contributed by atoms with Crippen LogP contribution < -0.4 is 0 Å². The smallest absolute Gasteiger partial charge is 0.165 e. The lowest BCUT2D eigenvalue weighted by Gasteiger charge is -2.48. The maximum absolute atomic E-state index is 13.4. The van der Waals surface area contributed by atoms with Gasteiger partial charge in [-0.05, 0) is 91.7 Å². The van der Waals surface area contributed by atoms with Crippen molar-refractivity contribution in [3.8, 4) is 5.75 Å². The van der Waals surface area contributed by atoms with Crippen LogP contribution in [0.15, 0.2) is 30.0 Å². The molecule has 0 aliphatic heterocycles. The molecule has 2 saturated carbocycles. The highest BCUT2D eigenvalue weighted by atomic mass is 16.3. The van der Waals surface area contributed by atoms with E-state index in [0.29, 0.717) is 29.3 Å². The zero-order valence-corrected chi connectivity index (χ0v) is 16.9. The van der Waals surface area contributed by atoms with E-state index in [1.807, 2.05) is 30.1 Å². The van der Waals surface area contributed by atoms with Crippen LogP contribution in [-0.4, -0.2) is 20.7 Å². The summed E-state index contributed by atoms with van der Waals surface area (Å²) in [6.07, 6.45) is 9.00. The van der Waals surface area contributed by atoms with Gasteiger partial charge < -0.3 is 5.11 Å². The molecule has 2 fully saturated rings. The Balaban J connectivity index is 1.50. The van der Waals surface area contributed by atoms with Gasteiger partial charge >= 0.3 is 0 Å². The largest absolute Gasteiger partial charge is 0.508 e. The molecule has 1 N–H and O–H groups in total. The number of phenolic OH excluding ortho intramolecular Hbond substituents is 1. The summed E-state index contributed by atoms with van der Waals surface area (Å²) in [7, 11) is 1.94. The van der Waals surface area contributed by atoms with E-state index in [2.05, 4.69) is 31.1 Å². The molecule has 4 unspecified atom stereocenters. The lowest BCUT2D eigenvalue weighted by atomic mass is 9.55. The van der Waals surface area contributed by atoms with Gasteiger partial charge in [0.25, 0.3) is 0 Å². The number of hydrogen-bond acceptors (Lipinski definition) is 3. The molecule has 4 nitrogen and oxygen atoms in total. The van der Waals surface area contributed by atoms with Crippen LogP contribution in [0.4, 0.5) is 0 Å².